The molecule has 114 valence electrons. The van der Waals surface area contributed by atoms with Crippen LogP contribution in [0.3, 0.4) is 0 Å². The lowest BCUT2D eigenvalue weighted by atomic mass is 9.92. The summed E-state index contributed by atoms with van der Waals surface area (Å²) in [5, 5.41) is 9.12. The van der Waals surface area contributed by atoms with E-state index in [9.17, 15) is 9.59 Å². The van der Waals surface area contributed by atoms with Crippen LogP contribution >= 0.6 is 0 Å². The largest absolute Gasteiger partial charge is 0.481 e. The van der Waals surface area contributed by atoms with Crippen molar-refractivity contribution in [2.45, 2.75) is 6.42 Å². The minimum atomic E-state index is -0.956. The number of carbonyl (C=O) groups is 2. The molecule has 0 amide bonds. The van der Waals surface area contributed by atoms with Crippen molar-refractivity contribution in [1.29, 1.82) is 0 Å². The fourth-order valence-electron chi connectivity index (χ4n) is 2.56. The number of benzene rings is 2. The first-order valence-electron chi connectivity index (χ1n) is 7.14. The van der Waals surface area contributed by atoms with Crippen molar-refractivity contribution < 1.29 is 19.1 Å². The van der Waals surface area contributed by atoms with Gasteiger partial charge in [-0.2, -0.15) is 0 Å². The molecule has 1 aromatic heterocycles. The Hall–Kier alpha value is -3.14. The number of carboxylic acids is 1. The van der Waals surface area contributed by atoms with Gasteiger partial charge in [0.15, 0.2) is 5.78 Å². The molecule has 0 atom stereocenters. The molecule has 0 saturated heterocycles. The summed E-state index contributed by atoms with van der Waals surface area (Å²) in [6.07, 6.45) is 1.33. The van der Waals surface area contributed by atoms with E-state index in [1.54, 1.807) is 54.6 Å². The van der Waals surface area contributed by atoms with E-state index in [-0.39, 0.29) is 12.2 Å². The first-order chi connectivity index (χ1) is 11.2. The van der Waals surface area contributed by atoms with Crippen molar-refractivity contribution in [3.05, 3.63) is 83.6 Å². The molecule has 1 heterocycles. The second-order valence-corrected chi connectivity index (χ2v) is 5.08. The molecule has 0 unspecified atom stereocenters. The molecule has 0 bridgehead atoms. The third kappa shape index (κ3) is 3.06. The zero-order valence-corrected chi connectivity index (χ0v) is 12.2. The fourth-order valence-corrected chi connectivity index (χ4v) is 2.56. The molecule has 0 spiro atoms. The average Bonchev–Trinajstić information content (AvgIpc) is 3.08. The van der Waals surface area contributed by atoms with E-state index in [1.807, 2.05) is 6.07 Å². The number of hydrogen-bond acceptors (Lipinski definition) is 3. The van der Waals surface area contributed by atoms with Gasteiger partial charge in [0, 0.05) is 16.7 Å². The van der Waals surface area contributed by atoms with Gasteiger partial charge in [-0.15, -0.1) is 0 Å². The minimum Gasteiger partial charge on any atom is -0.481 e. The number of rotatable bonds is 5. The lowest BCUT2D eigenvalue weighted by Gasteiger charge is -2.11. The maximum Gasteiger partial charge on any atom is 0.307 e. The predicted octanol–water partition coefficient (Wildman–Crippen LogP) is 3.80. The van der Waals surface area contributed by atoms with Crippen LogP contribution in [-0.4, -0.2) is 16.9 Å². The Balaban J connectivity index is 2.17. The van der Waals surface area contributed by atoms with Gasteiger partial charge < -0.3 is 9.52 Å². The minimum absolute atomic E-state index is 0.163. The lowest BCUT2D eigenvalue weighted by molar-refractivity contribution is -0.136. The van der Waals surface area contributed by atoms with Gasteiger partial charge in [0.2, 0.25) is 0 Å². The highest BCUT2D eigenvalue weighted by Gasteiger charge is 2.20. The molecule has 0 aliphatic rings. The van der Waals surface area contributed by atoms with E-state index in [4.69, 9.17) is 9.52 Å². The number of hydrogen-bond donors (Lipinski definition) is 1. The highest BCUT2D eigenvalue weighted by Crippen LogP contribution is 2.30. The van der Waals surface area contributed by atoms with Crippen LogP contribution in [0.25, 0.3) is 11.3 Å². The number of aliphatic carboxylic acids is 1. The molecule has 2 aromatic carbocycles. The van der Waals surface area contributed by atoms with Crippen molar-refractivity contribution >= 4 is 11.8 Å². The molecule has 0 aliphatic carbocycles. The molecule has 0 aliphatic heterocycles. The van der Waals surface area contributed by atoms with E-state index >= 15 is 0 Å². The van der Waals surface area contributed by atoms with E-state index in [2.05, 4.69) is 0 Å². The van der Waals surface area contributed by atoms with Crippen LogP contribution < -0.4 is 0 Å². The van der Waals surface area contributed by atoms with Gasteiger partial charge >= 0.3 is 5.97 Å². The molecule has 0 fully saturated rings. The van der Waals surface area contributed by atoms with E-state index in [0.29, 0.717) is 28.0 Å². The maximum absolute atomic E-state index is 12.8. The van der Waals surface area contributed by atoms with Crippen molar-refractivity contribution in [2.24, 2.45) is 0 Å². The quantitative estimate of drug-likeness (QED) is 0.728. The Morgan fingerprint density at radius 1 is 0.913 bits per heavy atom. The van der Waals surface area contributed by atoms with Gasteiger partial charge in [-0.05, 0) is 17.7 Å². The van der Waals surface area contributed by atoms with Crippen molar-refractivity contribution in [2.75, 3.05) is 0 Å². The molecule has 1 N–H and O–H groups in total. The molecule has 23 heavy (non-hydrogen) atoms. The second kappa shape index (κ2) is 6.32. The molecule has 0 radical (unpaired) electrons. The van der Waals surface area contributed by atoms with Crippen molar-refractivity contribution in [3.8, 4) is 11.3 Å². The lowest BCUT2D eigenvalue weighted by Crippen LogP contribution is -2.08. The van der Waals surface area contributed by atoms with Crippen LogP contribution in [0.2, 0.25) is 0 Å². The van der Waals surface area contributed by atoms with Crippen LogP contribution in [-0.2, 0) is 11.2 Å². The Bertz CT molecular complexity index is 833. The summed E-state index contributed by atoms with van der Waals surface area (Å²) in [6, 6.07) is 17.4. The van der Waals surface area contributed by atoms with Gasteiger partial charge in [0.1, 0.15) is 5.76 Å². The Labute approximate surface area is 133 Å². The predicted molar refractivity (Wildman–Crippen MR) is 85.4 cm³/mol. The average molecular weight is 306 g/mol. The topological polar surface area (TPSA) is 67.5 Å². The third-order valence-electron chi connectivity index (χ3n) is 3.54. The van der Waals surface area contributed by atoms with Crippen LogP contribution in [0.4, 0.5) is 0 Å². The molecule has 0 saturated carbocycles. The third-order valence-corrected chi connectivity index (χ3v) is 3.54. The second-order valence-electron chi connectivity index (χ2n) is 5.08. The molecule has 3 rings (SSSR count). The summed E-state index contributed by atoms with van der Waals surface area (Å²) in [5.41, 5.74) is 2.07. The van der Waals surface area contributed by atoms with Crippen LogP contribution in [0.1, 0.15) is 21.5 Å². The van der Waals surface area contributed by atoms with Gasteiger partial charge in [-0.25, -0.2) is 0 Å². The SMILES string of the molecule is O=C(O)Cc1cccc(C(=O)c2ccccc2)c1-c1ccco1. The van der Waals surface area contributed by atoms with E-state index < -0.39 is 5.97 Å². The first kappa shape index (κ1) is 14.8. The van der Waals surface area contributed by atoms with Crippen molar-refractivity contribution in [1.82, 2.24) is 0 Å². The van der Waals surface area contributed by atoms with Gasteiger partial charge in [0.25, 0.3) is 0 Å². The molecular weight excluding hydrogens is 292 g/mol. The standard InChI is InChI=1S/C19H14O4/c20-17(21)12-14-8-4-9-15(18(14)16-10-5-11-23-16)19(22)13-6-2-1-3-7-13/h1-11H,12H2,(H,20,21). The highest BCUT2D eigenvalue weighted by molar-refractivity contribution is 6.13. The summed E-state index contributed by atoms with van der Waals surface area (Å²) < 4.78 is 5.42. The molecular formula is C19H14O4. The number of carbonyl (C=O) groups excluding carboxylic acids is 1. The molecule has 4 heteroatoms. The summed E-state index contributed by atoms with van der Waals surface area (Å²) in [5.74, 6) is -0.632. The number of furan rings is 1. The van der Waals surface area contributed by atoms with Crippen LogP contribution in [0.15, 0.2) is 71.3 Å². The summed E-state index contributed by atoms with van der Waals surface area (Å²) in [6.45, 7) is 0. The van der Waals surface area contributed by atoms with Gasteiger partial charge in [-0.1, -0.05) is 48.5 Å². The zero-order chi connectivity index (χ0) is 16.2. The highest BCUT2D eigenvalue weighted by atomic mass is 16.4. The zero-order valence-electron chi connectivity index (χ0n) is 12.2. The molecule has 4 nitrogen and oxygen atoms in total. The Kier molecular flexibility index (Phi) is 4.06. The smallest absolute Gasteiger partial charge is 0.307 e. The summed E-state index contributed by atoms with van der Waals surface area (Å²) in [4.78, 5) is 23.9. The Morgan fingerprint density at radius 3 is 2.35 bits per heavy atom. The summed E-state index contributed by atoms with van der Waals surface area (Å²) in [7, 11) is 0. The van der Waals surface area contributed by atoms with Gasteiger partial charge in [-0.3, -0.25) is 9.59 Å². The first-order valence-corrected chi connectivity index (χ1v) is 7.14. The normalized spacial score (nSPS) is 10.4. The number of carboxylic acid groups (broad SMARTS) is 1. The summed E-state index contributed by atoms with van der Waals surface area (Å²) >= 11 is 0. The maximum atomic E-state index is 12.8. The molecule has 3 aromatic rings. The number of ketones is 1. The van der Waals surface area contributed by atoms with Gasteiger partial charge in [0.05, 0.1) is 12.7 Å². The van der Waals surface area contributed by atoms with Crippen molar-refractivity contribution in [3.63, 3.8) is 0 Å². The fraction of sp³-hybridized carbons (Fsp3) is 0.0526. The van der Waals surface area contributed by atoms with Crippen LogP contribution in [0.5, 0.6) is 0 Å². The van der Waals surface area contributed by atoms with Crippen LogP contribution in [0, 0.1) is 0 Å². The monoisotopic (exact) mass is 306 g/mol. The van der Waals surface area contributed by atoms with E-state index in [0.717, 1.165) is 0 Å². The Morgan fingerprint density at radius 2 is 1.70 bits per heavy atom. The van der Waals surface area contributed by atoms with E-state index in [1.165, 1.54) is 6.26 Å².